The second-order valence-corrected chi connectivity index (χ2v) is 7.30. The highest BCUT2D eigenvalue weighted by molar-refractivity contribution is 4.80. The van der Waals surface area contributed by atoms with Crippen LogP contribution >= 0.6 is 0 Å². The summed E-state index contributed by atoms with van der Waals surface area (Å²) in [5, 5.41) is 3.81. The summed E-state index contributed by atoms with van der Waals surface area (Å²) < 4.78 is 0. The maximum atomic E-state index is 3.81. The lowest BCUT2D eigenvalue weighted by atomic mass is 9.80. The minimum Gasteiger partial charge on any atom is -0.314 e. The lowest BCUT2D eigenvalue weighted by molar-refractivity contribution is 0.156. The summed E-state index contributed by atoms with van der Waals surface area (Å²) >= 11 is 0. The van der Waals surface area contributed by atoms with E-state index in [0.29, 0.717) is 0 Å². The molecule has 1 aliphatic heterocycles. The van der Waals surface area contributed by atoms with Gasteiger partial charge in [0, 0.05) is 12.1 Å². The number of hydrogen-bond donors (Lipinski definition) is 1. The fraction of sp³-hybridized carbons (Fsp3) is 1.00. The van der Waals surface area contributed by atoms with Crippen molar-refractivity contribution in [3.63, 3.8) is 0 Å². The average molecular weight is 266 g/mol. The summed E-state index contributed by atoms with van der Waals surface area (Å²) in [6.45, 7) is 11.1. The van der Waals surface area contributed by atoms with Crippen LogP contribution in [0.2, 0.25) is 0 Å². The van der Waals surface area contributed by atoms with Crippen molar-refractivity contribution in [2.24, 2.45) is 11.8 Å². The van der Waals surface area contributed by atoms with Gasteiger partial charge in [0.25, 0.3) is 0 Å². The Kier molecular flexibility index (Phi) is 6.15. The smallest absolute Gasteiger partial charge is 0.00721 e. The van der Waals surface area contributed by atoms with Crippen LogP contribution in [0.5, 0.6) is 0 Å². The number of nitrogens with zero attached hydrogens (tertiary/aromatic N) is 1. The molecule has 0 radical (unpaired) electrons. The van der Waals surface area contributed by atoms with E-state index >= 15 is 0 Å². The van der Waals surface area contributed by atoms with Crippen LogP contribution in [0.1, 0.15) is 65.7 Å². The number of likely N-dealkylation sites (tertiary alicyclic amines) is 1. The molecule has 2 fully saturated rings. The van der Waals surface area contributed by atoms with Crippen LogP contribution in [0.15, 0.2) is 0 Å². The van der Waals surface area contributed by atoms with E-state index in [9.17, 15) is 0 Å². The molecule has 1 N–H and O–H groups in total. The summed E-state index contributed by atoms with van der Waals surface area (Å²) in [6, 6.07) is 1.61. The van der Waals surface area contributed by atoms with Gasteiger partial charge in [-0.2, -0.15) is 0 Å². The van der Waals surface area contributed by atoms with Crippen LogP contribution < -0.4 is 5.32 Å². The fourth-order valence-corrected chi connectivity index (χ4v) is 4.19. The van der Waals surface area contributed by atoms with Gasteiger partial charge in [-0.25, -0.2) is 0 Å². The molecule has 3 unspecified atom stereocenters. The summed E-state index contributed by atoms with van der Waals surface area (Å²) in [4.78, 5) is 2.69. The molecule has 1 saturated heterocycles. The third kappa shape index (κ3) is 5.07. The Labute approximate surface area is 120 Å². The van der Waals surface area contributed by atoms with Crippen molar-refractivity contribution in [1.82, 2.24) is 10.2 Å². The number of hydrogen-bond acceptors (Lipinski definition) is 2. The van der Waals surface area contributed by atoms with Crippen LogP contribution in [-0.4, -0.2) is 36.6 Å². The predicted octanol–water partition coefficient (Wildman–Crippen LogP) is 3.67. The molecule has 2 aliphatic rings. The Morgan fingerprint density at radius 1 is 1.00 bits per heavy atom. The Morgan fingerprint density at radius 2 is 1.74 bits per heavy atom. The second-order valence-electron chi connectivity index (χ2n) is 7.30. The summed E-state index contributed by atoms with van der Waals surface area (Å²) in [5.41, 5.74) is 0. The molecule has 0 aromatic carbocycles. The van der Waals surface area contributed by atoms with Crippen LogP contribution in [0.4, 0.5) is 0 Å². The highest BCUT2D eigenvalue weighted by Crippen LogP contribution is 2.28. The molecule has 2 rings (SSSR count). The molecule has 2 heteroatoms. The maximum Gasteiger partial charge on any atom is 0.00721 e. The molecule has 112 valence electrons. The quantitative estimate of drug-likeness (QED) is 0.764. The van der Waals surface area contributed by atoms with Crippen molar-refractivity contribution in [3.05, 3.63) is 0 Å². The lowest BCUT2D eigenvalue weighted by Gasteiger charge is -2.34. The molecular formula is C17H34N2. The third-order valence-corrected chi connectivity index (χ3v) is 5.17. The third-order valence-electron chi connectivity index (χ3n) is 5.17. The number of piperidine rings is 1. The van der Waals surface area contributed by atoms with Gasteiger partial charge in [-0.1, -0.05) is 20.3 Å². The SMILES string of the molecule is CC1CC(C)CC(NCCCN2CCCCC2C)C1. The molecule has 1 heterocycles. The Hall–Kier alpha value is -0.0800. The van der Waals surface area contributed by atoms with Crippen molar-refractivity contribution in [3.8, 4) is 0 Å². The van der Waals surface area contributed by atoms with Gasteiger partial charge in [-0.05, 0) is 76.9 Å². The number of rotatable bonds is 5. The van der Waals surface area contributed by atoms with E-state index in [1.807, 2.05) is 0 Å². The van der Waals surface area contributed by atoms with Gasteiger partial charge in [-0.15, -0.1) is 0 Å². The Morgan fingerprint density at radius 3 is 2.42 bits per heavy atom. The molecule has 19 heavy (non-hydrogen) atoms. The topological polar surface area (TPSA) is 15.3 Å². The van der Waals surface area contributed by atoms with E-state index < -0.39 is 0 Å². The first-order valence-electron chi connectivity index (χ1n) is 8.62. The monoisotopic (exact) mass is 266 g/mol. The molecule has 0 spiro atoms. The van der Waals surface area contributed by atoms with Gasteiger partial charge in [0.2, 0.25) is 0 Å². The number of nitrogens with one attached hydrogen (secondary N) is 1. The second kappa shape index (κ2) is 7.64. The zero-order chi connectivity index (χ0) is 13.7. The Bertz CT molecular complexity index is 244. The first kappa shape index (κ1) is 15.3. The van der Waals surface area contributed by atoms with Gasteiger partial charge in [0.1, 0.15) is 0 Å². The van der Waals surface area contributed by atoms with Crippen LogP contribution in [0, 0.1) is 11.8 Å². The van der Waals surface area contributed by atoms with Gasteiger partial charge in [0.15, 0.2) is 0 Å². The zero-order valence-corrected chi connectivity index (χ0v) is 13.3. The van der Waals surface area contributed by atoms with E-state index in [1.54, 1.807) is 0 Å². The average Bonchev–Trinajstić information content (AvgIpc) is 2.35. The van der Waals surface area contributed by atoms with Gasteiger partial charge < -0.3 is 10.2 Å². The van der Waals surface area contributed by atoms with Crippen LogP contribution in [0.25, 0.3) is 0 Å². The van der Waals surface area contributed by atoms with E-state index in [-0.39, 0.29) is 0 Å². The molecule has 0 bridgehead atoms. The molecule has 1 saturated carbocycles. The highest BCUT2D eigenvalue weighted by atomic mass is 15.2. The molecule has 2 nitrogen and oxygen atoms in total. The van der Waals surface area contributed by atoms with Gasteiger partial charge in [-0.3, -0.25) is 0 Å². The van der Waals surface area contributed by atoms with E-state index in [2.05, 4.69) is 31.0 Å². The van der Waals surface area contributed by atoms with Crippen molar-refractivity contribution in [1.29, 1.82) is 0 Å². The molecular weight excluding hydrogens is 232 g/mol. The Balaban J connectivity index is 1.58. The van der Waals surface area contributed by atoms with Gasteiger partial charge in [0.05, 0.1) is 0 Å². The summed E-state index contributed by atoms with van der Waals surface area (Å²) in [6.07, 6.45) is 9.80. The minimum absolute atomic E-state index is 0.789. The molecule has 3 atom stereocenters. The first-order valence-corrected chi connectivity index (χ1v) is 8.62. The molecule has 0 amide bonds. The maximum absolute atomic E-state index is 3.81. The van der Waals surface area contributed by atoms with E-state index in [1.165, 1.54) is 64.6 Å². The van der Waals surface area contributed by atoms with Crippen LogP contribution in [0.3, 0.4) is 0 Å². The van der Waals surface area contributed by atoms with E-state index in [0.717, 1.165) is 23.9 Å². The standard InChI is InChI=1S/C17H34N2/c1-14-11-15(2)13-17(12-14)18-8-6-10-19-9-5-4-7-16(19)3/h14-18H,4-13H2,1-3H3. The minimum atomic E-state index is 0.789. The normalized spacial score (nSPS) is 37.4. The van der Waals surface area contributed by atoms with Gasteiger partial charge >= 0.3 is 0 Å². The summed E-state index contributed by atoms with van der Waals surface area (Å²) in [5.74, 6) is 1.84. The van der Waals surface area contributed by atoms with Crippen molar-refractivity contribution in [2.75, 3.05) is 19.6 Å². The lowest BCUT2D eigenvalue weighted by Crippen LogP contribution is -2.41. The zero-order valence-electron chi connectivity index (χ0n) is 13.3. The van der Waals surface area contributed by atoms with Crippen molar-refractivity contribution < 1.29 is 0 Å². The largest absolute Gasteiger partial charge is 0.314 e. The van der Waals surface area contributed by atoms with Crippen LogP contribution in [-0.2, 0) is 0 Å². The molecule has 0 aromatic heterocycles. The van der Waals surface area contributed by atoms with Crippen molar-refractivity contribution >= 4 is 0 Å². The molecule has 1 aliphatic carbocycles. The molecule has 0 aromatic rings. The van der Waals surface area contributed by atoms with Crippen molar-refractivity contribution in [2.45, 2.75) is 77.8 Å². The highest BCUT2D eigenvalue weighted by Gasteiger charge is 2.23. The predicted molar refractivity (Wildman–Crippen MR) is 83.5 cm³/mol. The first-order chi connectivity index (χ1) is 9.15. The summed E-state index contributed by atoms with van der Waals surface area (Å²) in [7, 11) is 0. The van der Waals surface area contributed by atoms with E-state index in [4.69, 9.17) is 0 Å². The fourth-order valence-electron chi connectivity index (χ4n) is 4.19.